The van der Waals surface area contributed by atoms with Crippen molar-refractivity contribution in [1.29, 1.82) is 0 Å². The maximum absolute atomic E-state index is 13.6. The van der Waals surface area contributed by atoms with Crippen molar-refractivity contribution in [2.24, 2.45) is 5.92 Å². The van der Waals surface area contributed by atoms with E-state index in [1.807, 2.05) is 6.08 Å². The second-order valence-electron chi connectivity index (χ2n) is 8.04. The van der Waals surface area contributed by atoms with Crippen LogP contribution in [0, 0.1) is 29.4 Å². The number of halogens is 5. The Balaban J connectivity index is 1.55. The molecule has 3 rings (SSSR count). The zero-order valence-corrected chi connectivity index (χ0v) is 17.4. The summed E-state index contributed by atoms with van der Waals surface area (Å²) in [5.74, 6) is 2.83. The van der Waals surface area contributed by atoms with Gasteiger partial charge in [-0.1, -0.05) is 55.5 Å². The van der Waals surface area contributed by atoms with E-state index in [4.69, 9.17) is 0 Å². The number of allylic oxidation sites excluding steroid dienone is 2. The molecule has 0 spiro atoms. The Kier molecular flexibility index (Phi) is 7.54. The summed E-state index contributed by atoms with van der Waals surface area (Å²) in [5.41, 5.74) is 0.746. The van der Waals surface area contributed by atoms with Gasteiger partial charge in [0.1, 0.15) is 17.2 Å². The Morgan fingerprint density at radius 2 is 1.58 bits per heavy atom. The van der Waals surface area contributed by atoms with E-state index in [9.17, 15) is 22.0 Å². The van der Waals surface area contributed by atoms with Crippen LogP contribution in [0.25, 0.3) is 0 Å². The summed E-state index contributed by atoms with van der Waals surface area (Å²) in [7, 11) is 0. The van der Waals surface area contributed by atoms with Gasteiger partial charge in [-0.25, -0.2) is 8.78 Å². The first-order valence-electron chi connectivity index (χ1n) is 10.6. The lowest BCUT2D eigenvalue weighted by atomic mass is 9.78. The molecule has 31 heavy (non-hydrogen) atoms. The van der Waals surface area contributed by atoms with Gasteiger partial charge in [0.15, 0.2) is 0 Å². The molecule has 0 amide bonds. The SMILES string of the molecule is CCCc1ccc(C2CCC(/C=C/C#Cc3cc(F)c(C(F)(F)F)c(F)c3)CC2)cc1. The normalized spacial score (nSPS) is 19.3. The molecule has 5 heteroatoms. The van der Waals surface area contributed by atoms with Gasteiger partial charge in [0.25, 0.3) is 0 Å². The van der Waals surface area contributed by atoms with E-state index in [0.717, 1.165) is 38.5 Å². The van der Waals surface area contributed by atoms with E-state index in [1.54, 1.807) is 6.08 Å². The van der Waals surface area contributed by atoms with Crippen molar-refractivity contribution in [2.75, 3.05) is 0 Å². The third-order valence-electron chi connectivity index (χ3n) is 5.76. The predicted octanol–water partition coefficient (Wildman–Crippen LogP) is 7.82. The highest BCUT2D eigenvalue weighted by Gasteiger charge is 2.37. The van der Waals surface area contributed by atoms with Gasteiger partial charge in [-0.15, -0.1) is 0 Å². The molecule has 2 aromatic carbocycles. The first-order chi connectivity index (χ1) is 14.8. The molecule has 2 aromatic rings. The van der Waals surface area contributed by atoms with Crippen LogP contribution < -0.4 is 0 Å². The van der Waals surface area contributed by atoms with Crippen molar-refractivity contribution in [3.8, 4) is 11.8 Å². The second-order valence-corrected chi connectivity index (χ2v) is 8.04. The van der Waals surface area contributed by atoms with Crippen LogP contribution in [0.2, 0.25) is 0 Å². The van der Waals surface area contributed by atoms with Gasteiger partial charge in [0.2, 0.25) is 0 Å². The number of aryl methyl sites for hydroxylation is 1. The zero-order chi connectivity index (χ0) is 22.4. The van der Waals surface area contributed by atoms with Gasteiger partial charge in [-0.2, -0.15) is 13.2 Å². The van der Waals surface area contributed by atoms with E-state index in [0.29, 0.717) is 24.0 Å². The molecule has 1 saturated carbocycles. The summed E-state index contributed by atoms with van der Waals surface area (Å²) in [6.45, 7) is 2.17. The number of alkyl halides is 3. The molecule has 1 aliphatic rings. The number of hydrogen-bond donors (Lipinski definition) is 0. The standard InChI is InChI=1S/C26H25F5/c1-2-5-18-8-12-21(13-9-18)22-14-10-19(11-15-22)6-3-4-7-20-16-23(27)25(24(28)17-20)26(29,30)31/h3,6,8-9,12-13,16-17,19,22H,2,5,10-11,14-15H2,1H3/b6-3+. The average Bonchev–Trinajstić information content (AvgIpc) is 2.71. The van der Waals surface area contributed by atoms with E-state index < -0.39 is 23.4 Å². The summed E-state index contributed by atoms with van der Waals surface area (Å²) >= 11 is 0. The summed E-state index contributed by atoms with van der Waals surface area (Å²) in [6.07, 6.45) is 5.01. The van der Waals surface area contributed by atoms with Crippen molar-refractivity contribution in [2.45, 2.75) is 57.5 Å². The highest BCUT2D eigenvalue weighted by molar-refractivity contribution is 5.40. The van der Waals surface area contributed by atoms with Gasteiger partial charge in [-0.05, 0) is 73.3 Å². The predicted molar refractivity (Wildman–Crippen MR) is 113 cm³/mol. The number of rotatable bonds is 4. The summed E-state index contributed by atoms with van der Waals surface area (Å²) in [5, 5.41) is 0. The Morgan fingerprint density at radius 1 is 0.968 bits per heavy atom. The molecule has 0 N–H and O–H groups in total. The second kappa shape index (κ2) is 10.1. The monoisotopic (exact) mass is 432 g/mol. The number of hydrogen-bond acceptors (Lipinski definition) is 0. The smallest absolute Gasteiger partial charge is 0.206 e. The highest BCUT2D eigenvalue weighted by atomic mass is 19.4. The lowest BCUT2D eigenvalue weighted by Gasteiger charge is -2.27. The molecule has 0 radical (unpaired) electrons. The fourth-order valence-corrected chi connectivity index (χ4v) is 4.12. The molecule has 0 bridgehead atoms. The zero-order valence-electron chi connectivity index (χ0n) is 17.4. The largest absolute Gasteiger partial charge is 0.422 e. The van der Waals surface area contributed by atoms with Crippen LogP contribution in [-0.2, 0) is 12.6 Å². The first-order valence-corrected chi connectivity index (χ1v) is 10.6. The molecule has 0 atom stereocenters. The van der Waals surface area contributed by atoms with Crippen LogP contribution >= 0.6 is 0 Å². The molecular weight excluding hydrogens is 407 g/mol. The molecule has 0 heterocycles. The van der Waals surface area contributed by atoms with Gasteiger partial charge in [-0.3, -0.25) is 0 Å². The lowest BCUT2D eigenvalue weighted by molar-refractivity contribution is -0.142. The Labute approximate surface area is 180 Å². The van der Waals surface area contributed by atoms with E-state index in [-0.39, 0.29) is 5.56 Å². The minimum Gasteiger partial charge on any atom is -0.206 e. The quantitative estimate of drug-likeness (QED) is 0.341. The van der Waals surface area contributed by atoms with Gasteiger partial charge < -0.3 is 0 Å². The summed E-state index contributed by atoms with van der Waals surface area (Å²) < 4.78 is 65.0. The maximum Gasteiger partial charge on any atom is 0.422 e. The van der Waals surface area contributed by atoms with Crippen LogP contribution in [-0.4, -0.2) is 0 Å². The Morgan fingerprint density at radius 3 is 2.13 bits per heavy atom. The van der Waals surface area contributed by atoms with Crippen molar-refractivity contribution in [1.82, 2.24) is 0 Å². The third kappa shape index (κ3) is 6.19. The first kappa shape index (κ1) is 23.1. The highest BCUT2D eigenvalue weighted by Crippen LogP contribution is 2.36. The minimum atomic E-state index is -5.07. The van der Waals surface area contributed by atoms with E-state index in [2.05, 4.69) is 43.0 Å². The van der Waals surface area contributed by atoms with Crippen LogP contribution in [0.4, 0.5) is 22.0 Å². The van der Waals surface area contributed by atoms with Gasteiger partial charge in [0.05, 0.1) is 0 Å². The molecule has 0 aromatic heterocycles. The van der Waals surface area contributed by atoms with Crippen molar-refractivity contribution < 1.29 is 22.0 Å². The third-order valence-corrected chi connectivity index (χ3v) is 5.76. The molecule has 0 unspecified atom stereocenters. The maximum atomic E-state index is 13.6. The molecule has 0 nitrogen and oxygen atoms in total. The van der Waals surface area contributed by atoms with Gasteiger partial charge >= 0.3 is 6.18 Å². The van der Waals surface area contributed by atoms with Crippen molar-refractivity contribution in [3.63, 3.8) is 0 Å². The minimum absolute atomic E-state index is 0.122. The molecule has 164 valence electrons. The van der Waals surface area contributed by atoms with Crippen LogP contribution in [0.1, 0.15) is 67.2 Å². The molecule has 0 saturated heterocycles. The van der Waals surface area contributed by atoms with Gasteiger partial charge in [0, 0.05) is 5.56 Å². The topological polar surface area (TPSA) is 0 Å². The average molecular weight is 432 g/mol. The molecular formula is C26H25F5. The van der Waals surface area contributed by atoms with E-state index >= 15 is 0 Å². The summed E-state index contributed by atoms with van der Waals surface area (Å²) in [6, 6.07) is 10.1. The van der Waals surface area contributed by atoms with Crippen molar-refractivity contribution in [3.05, 3.63) is 82.4 Å². The fraction of sp³-hybridized carbons (Fsp3) is 0.385. The van der Waals surface area contributed by atoms with Crippen LogP contribution in [0.15, 0.2) is 48.6 Å². The Bertz CT molecular complexity index is 943. The summed E-state index contributed by atoms with van der Waals surface area (Å²) in [4.78, 5) is 0. The van der Waals surface area contributed by atoms with E-state index in [1.165, 1.54) is 11.1 Å². The van der Waals surface area contributed by atoms with Crippen LogP contribution in [0.5, 0.6) is 0 Å². The van der Waals surface area contributed by atoms with Crippen LogP contribution in [0.3, 0.4) is 0 Å². The molecule has 1 aliphatic carbocycles. The molecule has 1 fully saturated rings. The molecule has 0 aliphatic heterocycles. The lowest BCUT2D eigenvalue weighted by Crippen LogP contribution is -2.11. The number of benzene rings is 2. The van der Waals surface area contributed by atoms with Crippen molar-refractivity contribution >= 4 is 0 Å². The Hall–Kier alpha value is -2.61. The fourth-order valence-electron chi connectivity index (χ4n) is 4.12.